The molecule has 0 aromatic rings. The van der Waals surface area contributed by atoms with Gasteiger partial charge in [0.25, 0.3) is 0 Å². The van der Waals surface area contributed by atoms with Crippen molar-refractivity contribution in [2.75, 3.05) is 19.8 Å². The average Bonchev–Trinajstić information content (AvgIpc) is 2.32. The first-order chi connectivity index (χ1) is 5.08. The Morgan fingerprint density at radius 1 is 1.45 bits per heavy atom. The summed E-state index contributed by atoms with van der Waals surface area (Å²) < 4.78 is 5.61. The molecular weight excluding hydrogens is 140 g/mol. The van der Waals surface area contributed by atoms with E-state index in [1.165, 1.54) is 0 Å². The molecule has 0 radical (unpaired) electrons. The van der Waals surface area contributed by atoms with E-state index in [1.807, 2.05) is 0 Å². The summed E-state index contributed by atoms with van der Waals surface area (Å²) in [4.78, 5) is 0. The normalized spacial score (nSPS) is 25.9. The highest BCUT2D eigenvalue weighted by molar-refractivity contribution is 4.75. The summed E-state index contributed by atoms with van der Waals surface area (Å²) in [6.45, 7) is 8.98. The van der Waals surface area contributed by atoms with E-state index in [2.05, 4.69) is 31.4 Å². The summed E-state index contributed by atoms with van der Waals surface area (Å²) >= 11 is 0. The van der Waals surface area contributed by atoms with Crippen LogP contribution in [0.15, 0.2) is 0 Å². The van der Waals surface area contributed by atoms with Gasteiger partial charge in [-0.15, -0.1) is 0 Å². The van der Waals surface area contributed by atoms with Crippen molar-refractivity contribution in [2.45, 2.75) is 32.4 Å². The van der Waals surface area contributed by atoms with E-state index in [4.69, 9.17) is 4.74 Å². The standard InChI is InChI=1S/C8H18N2O/c1-8(2,3)11-5-7-4-9-6-10-7/h7,9-10H,4-6H2,1-3H3/t7-/m1/s1. The van der Waals surface area contributed by atoms with Gasteiger partial charge in [0.15, 0.2) is 0 Å². The topological polar surface area (TPSA) is 33.3 Å². The average molecular weight is 158 g/mol. The van der Waals surface area contributed by atoms with Crippen molar-refractivity contribution in [2.24, 2.45) is 0 Å². The molecule has 0 aromatic carbocycles. The van der Waals surface area contributed by atoms with Crippen molar-refractivity contribution in [3.8, 4) is 0 Å². The number of hydrogen-bond acceptors (Lipinski definition) is 3. The molecule has 2 N–H and O–H groups in total. The van der Waals surface area contributed by atoms with Gasteiger partial charge in [0.2, 0.25) is 0 Å². The number of ether oxygens (including phenoxy) is 1. The lowest BCUT2D eigenvalue weighted by molar-refractivity contribution is -0.0108. The Hall–Kier alpha value is -0.120. The van der Waals surface area contributed by atoms with Crippen LogP contribution < -0.4 is 10.6 Å². The Labute approximate surface area is 68.5 Å². The highest BCUT2D eigenvalue weighted by atomic mass is 16.5. The van der Waals surface area contributed by atoms with Crippen LogP contribution in [0, 0.1) is 0 Å². The van der Waals surface area contributed by atoms with Crippen molar-refractivity contribution >= 4 is 0 Å². The van der Waals surface area contributed by atoms with Crippen LogP contribution in [-0.4, -0.2) is 31.5 Å². The second kappa shape index (κ2) is 3.52. The third-order valence-electron chi connectivity index (χ3n) is 1.62. The lowest BCUT2D eigenvalue weighted by atomic mass is 10.2. The molecule has 1 fully saturated rings. The van der Waals surface area contributed by atoms with Gasteiger partial charge in [-0.25, -0.2) is 0 Å². The molecule has 11 heavy (non-hydrogen) atoms. The first-order valence-electron chi connectivity index (χ1n) is 4.16. The van der Waals surface area contributed by atoms with Crippen molar-refractivity contribution in [1.82, 2.24) is 10.6 Å². The highest BCUT2D eigenvalue weighted by Crippen LogP contribution is 2.07. The molecule has 1 saturated heterocycles. The maximum atomic E-state index is 5.61. The monoisotopic (exact) mass is 158 g/mol. The predicted molar refractivity (Wildman–Crippen MR) is 45.5 cm³/mol. The van der Waals surface area contributed by atoms with E-state index < -0.39 is 0 Å². The maximum absolute atomic E-state index is 5.61. The molecule has 1 rings (SSSR count). The summed E-state index contributed by atoms with van der Waals surface area (Å²) in [5, 5.41) is 6.51. The van der Waals surface area contributed by atoms with E-state index in [0.717, 1.165) is 19.8 Å². The number of nitrogens with one attached hydrogen (secondary N) is 2. The minimum Gasteiger partial charge on any atom is -0.374 e. The molecule has 0 aromatic heterocycles. The van der Waals surface area contributed by atoms with Crippen LogP contribution in [0.3, 0.4) is 0 Å². The molecule has 1 aliphatic heterocycles. The Bertz CT molecular complexity index is 114. The van der Waals surface area contributed by atoms with Gasteiger partial charge in [-0.1, -0.05) is 0 Å². The molecule has 0 spiro atoms. The molecule has 0 saturated carbocycles. The van der Waals surface area contributed by atoms with E-state index in [-0.39, 0.29) is 5.60 Å². The van der Waals surface area contributed by atoms with Gasteiger partial charge in [0.1, 0.15) is 0 Å². The second-order valence-corrected chi connectivity index (χ2v) is 3.96. The number of hydrogen-bond donors (Lipinski definition) is 2. The van der Waals surface area contributed by atoms with Crippen molar-refractivity contribution < 1.29 is 4.74 Å². The fraction of sp³-hybridized carbons (Fsp3) is 1.00. The molecular formula is C8H18N2O. The van der Waals surface area contributed by atoms with Gasteiger partial charge in [-0.3, -0.25) is 5.32 Å². The first kappa shape index (κ1) is 8.97. The van der Waals surface area contributed by atoms with Crippen LogP contribution in [0.5, 0.6) is 0 Å². The van der Waals surface area contributed by atoms with Gasteiger partial charge in [-0.2, -0.15) is 0 Å². The van der Waals surface area contributed by atoms with Crippen molar-refractivity contribution in [1.29, 1.82) is 0 Å². The molecule has 66 valence electrons. The Balaban J connectivity index is 2.11. The zero-order chi connectivity index (χ0) is 8.32. The Kier molecular flexibility index (Phi) is 2.87. The lowest BCUT2D eigenvalue weighted by Crippen LogP contribution is -2.33. The summed E-state index contributed by atoms with van der Waals surface area (Å²) in [6, 6.07) is 0.495. The van der Waals surface area contributed by atoms with E-state index >= 15 is 0 Å². The van der Waals surface area contributed by atoms with Crippen LogP contribution in [-0.2, 0) is 4.74 Å². The Morgan fingerprint density at radius 2 is 2.18 bits per heavy atom. The third-order valence-corrected chi connectivity index (χ3v) is 1.62. The lowest BCUT2D eigenvalue weighted by Gasteiger charge is -2.21. The van der Waals surface area contributed by atoms with Gasteiger partial charge in [0, 0.05) is 19.3 Å². The van der Waals surface area contributed by atoms with Crippen LogP contribution in [0.1, 0.15) is 20.8 Å². The van der Waals surface area contributed by atoms with Crippen LogP contribution in [0.4, 0.5) is 0 Å². The minimum atomic E-state index is -0.00965. The van der Waals surface area contributed by atoms with Crippen LogP contribution in [0.2, 0.25) is 0 Å². The second-order valence-electron chi connectivity index (χ2n) is 3.96. The van der Waals surface area contributed by atoms with Crippen LogP contribution >= 0.6 is 0 Å². The molecule has 1 heterocycles. The predicted octanol–water partition coefficient (Wildman–Crippen LogP) is 0.320. The Morgan fingerprint density at radius 3 is 2.64 bits per heavy atom. The molecule has 0 unspecified atom stereocenters. The SMILES string of the molecule is CC(C)(C)OC[C@H]1CNCN1. The molecule has 0 amide bonds. The van der Waals surface area contributed by atoms with E-state index in [1.54, 1.807) is 0 Å². The summed E-state index contributed by atoms with van der Waals surface area (Å²) in [5.41, 5.74) is -0.00965. The van der Waals surface area contributed by atoms with Crippen molar-refractivity contribution in [3.63, 3.8) is 0 Å². The van der Waals surface area contributed by atoms with E-state index in [0.29, 0.717) is 6.04 Å². The highest BCUT2D eigenvalue weighted by Gasteiger charge is 2.17. The largest absolute Gasteiger partial charge is 0.374 e. The molecule has 0 bridgehead atoms. The zero-order valence-electron chi connectivity index (χ0n) is 7.61. The molecule has 1 aliphatic rings. The summed E-state index contributed by atoms with van der Waals surface area (Å²) in [6.07, 6.45) is 0. The number of rotatable bonds is 2. The summed E-state index contributed by atoms with van der Waals surface area (Å²) in [5.74, 6) is 0. The fourth-order valence-corrected chi connectivity index (χ4v) is 1.00. The minimum absolute atomic E-state index is 0.00965. The van der Waals surface area contributed by atoms with Gasteiger partial charge in [0.05, 0.1) is 12.2 Å². The molecule has 1 atom stereocenters. The summed E-state index contributed by atoms with van der Waals surface area (Å²) in [7, 11) is 0. The smallest absolute Gasteiger partial charge is 0.0639 e. The third kappa shape index (κ3) is 3.70. The van der Waals surface area contributed by atoms with Gasteiger partial charge in [-0.05, 0) is 20.8 Å². The quantitative estimate of drug-likeness (QED) is 0.607. The van der Waals surface area contributed by atoms with Crippen LogP contribution in [0.25, 0.3) is 0 Å². The first-order valence-corrected chi connectivity index (χ1v) is 4.16. The maximum Gasteiger partial charge on any atom is 0.0639 e. The van der Waals surface area contributed by atoms with E-state index in [9.17, 15) is 0 Å². The molecule has 3 heteroatoms. The van der Waals surface area contributed by atoms with Crippen molar-refractivity contribution in [3.05, 3.63) is 0 Å². The fourth-order valence-electron chi connectivity index (χ4n) is 1.00. The van der Waals surface area contributed by atoms with Gasteiger partial charge >= 0.3 is 0 Å². The zero-order valence-corrected chi connectivity index (χ0v) is 7.61. The molecule has 3 nitrogen and oxygen atoms in total. The van der Waals surface area contributed by atoms with Gasteiger partial charge < -0.3 is 10.1 Å². The molecule has 0 aliphatic carbocycles.